The van der Waals surface area contributed by atoms with Crippen LogP contribution >= 0.6 is 27.3 Å². The van der Waals surface area contributed by atoms with Crippen LogP contribution in [-0.4, -0.2) is 30.2 Å². The van der Waals surface area contributed by atoms with Crippen molar-refractivity contribution >= 4 is 27.3 Å². The molecule has 0 unspecified atom stereocenters. The van der Waals surface area contributed by atoms with E-state index in [4.69, 9.17) is 4.74 Å². The molecule has 0 bridgehead atoms. The quantitative estimate of drug-likeness (QED) is 0.830. The molecule has 0 radical (unpaired) electrons. The van der Waals surface area contributed by atoms with Gasteiger partial charge in [-0.05, 0) is 41.2 Å². The molecule has 0 saturated carbocycles. The van der Waals surface area contributed by atoms with Gasteiger partial charge in [-0.3, -0.25) is 4.90 Å². The molecule has 2 heterocycles. The second-order valence-corrected chi connectivity index (χ2v) is 6.00. The fourth-order valence-electron chi connectivity index (χ4n) is 2.05. The Kier molecular flexibility index (Phi) is 3.83. The fourth-order valence-corrected chi connectivity index (χ4v) is 3.57. The van der Waals surface area contributed by atoms with E-state index < -0.39 is 0 Å². The van der Waals surface area contributed by atoms with Crippen molar-refractivity contribution in [2.75, 3.05) is 13.1 Å². The van der Waals surface area contributed by atoms with Crippen molar-refractivity contribution in [1.29, 1.82) is 0 Å². The Bertz CT molecular complexity index is 318. The maximum absolute atomic E-state index is 5.72. The minimum Gasteiger partial charge on any atom is -0.373 e. The lowest BCUT2D eigenvalue weighted by molar-refractivity contribution is -0.0702. The summed E-state index contributed by atoms with van der Waals surface area (Å²) >= 11 is 5.39. The molecule has 4 heteroatoms. The summed E-state index contributed by atoms with van der Waals surface area (Å²) < 4.78 is 6.95. The van der Waals surface area contributed by atoms with Crippen molar-refractivity contribution in [2.45, 2.75) is 32.6 Å². The Balaban J connectivity index is 1.97. The maximum Gasteiger partial charge on any atom is 0.0678 e. The van der Waals surface area contributed by atoms with Crippen molar-refractivity contribution in [1.82, 2.24) is 4.90 Å². The smallest absolute Gasteiger partial charge is 0.0678 e. The topological polar surface area (TPSA) is 12.5 Å². The Labute approximate surface area is 103 Å². The van der Waals surface area contributed by atoms with Crippen molar-refractivity contribution in [3.8, 4) is 0 Å². The zero-order chi connectivity index (χ0) is 10.8. The summed E-state index contributed by atoms with van der Waals surface area (Å²) in [6, 6.07) is 2.12. The standard InChI is InChI=1S/C11H16BrNOS/c1-8-5-13(6-9(2)14-8)7-11-10(12)3-4-15-11/h3-4,8-9H,5-7H2,1-2H3/t8-,9+. The number of rotatable bonds is 2. The molecule has 1 fully saturated rings. The van der Waals surface area contributed by atoms with Crippen LogP contribution in [0.3, 0.4) is 0 Å². The molecule has 1 aromatic rings. The molecule has 0 amide bonds. The Morgan fingerprint density at radius 2 is 2.13 bits per heavy atom. The first kappa shape index (κ1) is 11.6. The van der Waals surface area contributed by atoms with E-state index >= 15 is 0 Å². The van der Waals surface area contributed by atoms with Crippen LogP contribution in [0.15, 0.2) is 15.9 Å². The summed E-state index contributed by atoms with van der Waals surface area (Å²) in [7, 11) is 0. The number of ether oxygens (including phenoxy) is 1. The molecule has 15 heavy (non-hydrogen) atoms. The second-order valence-electron chi connectivity index (χ2n) is 4.14. The van der Waals surface area contributed by atoms with E-state index in [-0.39, 0.29) is 0 Å². The highest BCUT2D eigenvalue weighted by Gasteiger charge is 2.22. The molecule has 2 nitrogen and oxygen atoms in total. The van der Waals surface area contributed by atoms with Crippen molar-refractivity contribution in [3.05, 3.63) is 20.8 Å². The summed E-state index contributed by atoms with van der Waals surface area (Å²) in [5, 5.41) is 2.13. The minimum absolute atomic E-state index is 0.354. The molecule has 0 spiro atoms. The van der Waals surface area contributed by atoms with Gasteiger partial charge in [0.15, 0.2) is 0 Å². The van der Waals surface area contributed by atoms with E-state index in [0.29, 0.717) is 12.2 Å². The lowest BCUT2D eigenvalue weighted by Gasteiger charge is -2.35. The molecular weight excluding hydrogens is 274 g/mol. The van der Waals surface area contributed by atoms with Crippen molar-refractivity contribution in [3.63, 3.8) is 0 Å². The van der Waals surface area contributed by atoms with E-state index in [1.54, 1.807) is 0 Å². The van der Waals surface area contributed by atoms with Gasteiger partial charge >= 0.3 is 0 Å². The Hall–Kier alpha value is 0.1000. The molecule has 1 aliphatic rings. The summed E-state index contributed by atoms with van der Waals surface area (Å²) in [5.41, 5.74) is 0. The van der Waals surface area contributed by atoms with E-state index in [2.05, 4.69) is 46.1 Å². The van der Waals surface area contributed by atoms with E-state index in [1.807, 2.05) is 11.3 Å². The highest BCUT2D eigenvalue weighted by atomic mass is 79.9. The van der Waals surface area contributed by atoms with Crippen LogP contribution in [0.5, 0.6) is 0 Å². The van der Waals surface area contributed by atoms with Gasteiger partial charge in [0.2, 0.25) is 0 Å². The van der Waals surface area contributed by atoms with Gasteiger partial charge in [0, 0.05) is 29.0 Å². The zero-order valence-electron chi connectivity index (χ0n) is 9.07. The highest BCUT2D eigenvalue weighted by Crippen LogP contribution is 2.25. The number of hydrogen-bond donors (Lipinski definition) is 0. The molecule has 0 aromatic carbocycles. The van der Waals surface area contributed by atoms with Crippen LogP contribution in [0.1, 0.15) is 18.7 Å². The van der Waals surface area contributed by atoms with Gasteiger partial charge in [0.05, 0.1) is 12.2 Å². The van der Waals surface area contributed by atoms with E-state index in [9.17, 15) is 0 Å². The first-order valence-electron chi connectivity index (χ1n) is 5.25. The summed E-state index contributed by atoms with van der Waals surface area (Å²) in [5.74, 6) is 0. The molecule has 1 aromatic heterocycles. The molecule has 2 atom stereocenters. The normalized spacial score (nSPS) is 28.2. The van der Waals surface area contributed by atoms with Gasteiger partial charge < -0.3 is 4.74 Å². The number of thiophene rings is 1. The molecule has 1 saturated heterocycles. The molecule has 1 aliphatic heterocycles. The third-order valence-electron chi connectivity index (χ3n) is 2.55. The molecule has 84 valence electrons. The first-order chi connectivity index (χ1) is 7.15. The van der Waals surface area contributed by atoms with Gasteiger partial charge in [-0.1, -0.05) is 0 Å². The Morgan fingerprint density at radius 3 is 2.67 bits per heavy atom. The summed E-state index contributed by atoms with van der Waals surface area (Å²) in [6.07, 6.45) is 0.708. The SMILES string of the molecule is C[C@@H]1CN(Cc2sccc2Br)C[C@H](C)O1. The van der Waals surface area contributed by atoms with Crippen LogP contribution in [0.4, 0.5) is 0 Å². The van der Waals surface area contributed by atoms with Crippen LogP contribution in [0.2, 0.25) is 0 Å². The lowest BCUT2D eigenvalue weighted by atomic mass is 10.2. The average Bonchev–Trinajstić information content (AvgIpc) is 2.50. The summed E-state index contributed by atoms with van der Waals surface area (Å²) in [4.78, 5) is 3.88. The molecule has 0 N–H and O–H groups in total. The van der Waals surface area contributed by atoms with Gasteiger partial charge in [-0.25, -0.2) is 0 Å². The van der Waals surface area contributed by atoms with Gasteiger partial charge in [-0.2, -0.15) is 0 Å². The average molecular weight is 290 g/mol. The van der Waals surface area contributed by atoms with Crippen LogP contribution in [-0.2, 0) is 11.3 Å². The zero-order valence-corrected chi connectivity index (χ0v) is 11.5. The van der Waals surface area contributed by atoms with Gasteiger partial charge in [0.1, 0.15) is 0 Å². The van der Waals surface area contributed by atoms with E-state index in [0.717, 1.165) is 19.6 Å². The van der Waals surface area contributed by atoms with Crippen LogP contribution in [0.25, 0.3) is 0 Å². The van der Waals surface area contributed by atoms with Gasteiger partial charge in [-0.15, -0.1) is 11.3 Å². The number of nitrogens with zero attached hydrogens (tertiary/aromatic N) is 1. The predicted octanol–water partition coefficient (Wildman–Crippen LogP) is 3.12. The molecule has 2 rings (SSSR count). The maximum atomic E-state index is 5.72. The van der Waals surface area contributed by atoms with Crippen LogP contribution < -0.4 is 0 Å². The largest absolute Gasteiger partial charge is 0.373 e. The monoisotopic (exact) mass is 289 g/mol. The lowest BCUT2D eigenvalue weighted by Crippen LogP contribution is -2.44. The van der Waals surface area contributed by atoms with Crippen LogP contribution in [0, 0.1) is 0 Å². The third-order valence-corrected chi connectivity index (χ3v) is 4.46. The first-order valence-corrected chi connectivity index (χ1v) is 6.92. The van der Waals surface area contributed by atoms with Gasteiger partial charge in [0.25, 0.3) is 0 Å². The third kappa shape index (κ3) is 3.03. The highest BCUT2D eigenvalue weighted by molar-refractivity contribution is 9.10. The van der Waals surface area contributed by atoms with E-state index in [1.165, 1.54) is 9.35 Å². The predicted molar refractivity (Wildman–Crippen MR) is 67.3 cm³/mol. The fraction of sp³-hybridized carbons (Fsp3) is 0.636. The second kappa shape index (κ2) is 4.95. The summed E-state index contributed by atoms with van der Waals surface area (Å²) in [6.45, 7) is 7.40. The Morgan fingerprint density at radius 1 is 1.47 bits per heavy atom. The van der Waals surface area contributed by atoms with Crippen molar-refractivity contribution in [2.24, 2.45) is 0 Å². The minimum atomic E-state index is 0.354. The number of hydrogen-bond acceptors (Lipinski definition) is 3. The molecular formula is C11H16BrNOS. The van der Waals surface area contributed by atoms with Crippen molar-refractivity contribution < 1.29 is 4.74 Å². The molecule has 0 aliphatic carbocycles. The number of morpholine rings is 1. The number of halogens is 1.